The lowest BCUT2D eigenvalue weighted by molar-refractivity contribution is -0.138. The molecule has 10 nitrogen and oxygen atoms in total. The van der Waals surface area contributed by atoms with Crippen molar-refractivity contribution >= 4 is 17.7 Å². The van der Waals surface area contributed by atoms with E-state index >= 15 is 0 Å². The summed E-state index contributed by atoms with van der Waals surface area (Å²) in [5.74, 6) is 1.27. The molecule has 2 aliphatic rings. The summed E-state index contributed by atoms with van der Waals surface area (Å²) in [5.41, 5.74) is 0.690. The summed E-state index contributed by atoms with van der Waals surface area (Å²) in [6, 6.07) is 3.25. The van der Waals surface area contributed by atoms with Crippen molar-refractivity contribution in [3.8, 4) is 0 Å². The molecule has 10 heteroatoms. The Kier molecular flexibility index (Phi) is 7.80. The van der Waals surface area contributed by atoms with Crippen molar-refractivity contribution in [3.63, 3.8) is 0 Å². The van der Waals surface area contributed by atoms with Crippen LogP contribution in [0.5, 0.6) is 0 Å². The lowest BCUT2D eigenvalue weighted by Crippen LogP contribution is -2.47. The summed E-state index contributed by atoms with van der Waals surface area (Å²) >= 11 is 0. The normalized spacial score (nSPS) is 22.4. The Balaban J connectivity index is 1.65. The third-order valence-electron chi connectivity index (χ3n) is 7.12. The fourth-order valence-electron chi connectivity index (χ4n) is 4.81. The molecule has 1 aliphatic carbocycles. The largest absolute Gasteiger partial charge is 0.344 e. The number of aryl methyl sites for hydroxylation is 1. The van der Waals surface area contributed by atoms with Gasteiger partial charge in [0.2, 0.25) is 11.8 Å². The smallest absolute Gasteiger partial charge is 0.270 e. The van der Waals surface area contributed by atoms with Crippen LogP contribution in [0.3, 0.4) is 0 Å². The molecule has 1 N–H and O–H groups in total. The zero-order chi connectivity index (χ0) is 26.0. The van der Waals surface area contributed by atoms with Crippen LogP contribution in [-0.2, 0) is 16.1 Å². The molecule has 0 aromatic carbocycles. The number of hydrogen-bond acceptors (Lipinski definition) is 5. The predicted molar refractivity (Wildman–Crippen MR) is 135 cm³/mol. The van der Waals surface area contributed by atoms with E-state index in [4.69, 9.17) is 0 Å². The lowest BCUT2D eigenvalue weighted by Gasteiger charge is -2.29. The van der Waals surface area contributed by atoms with Crippen molar-refractivity contribution in [1.82, 2.24) is 34.4 Å². The first-order chi connectivity index (χ1) is 17.2. The maximum atomic E-state index is 13.6. The van der Waals surface area contributed by atoms with Gasteiger partial charge in [-0.1, -0.05) is 13.8 Å². The van der Waals surface area contributed by atoms with E-state index in [9.17, 15) is 14.4 Å². The number of aromatic nitrogens is 4. The van der Waals surface area contributed by atoms with Crippen molar-refractivity contribution in [2.45, 2.75) is 84.5 Å². The van der Waals surface area contributed by atoms with Crippen LogP contribution in [0, 0.1) is 12.8 Å². The molecule has 0 bridgehead atoms. The maximum Gasteiger partial charge on any atom is 0.270 e. The third-order valence-corrected chi connectivity index (χ3v) is 7.12. The Morgan fingerprint density at radius 1 is 1.19 bits per heavy atom. The van der Waals surface area contributed by atoms with Crippen LogP contribution in [0.25, 0.3) is 0 Å². The minimum Gasteiger partial charge on any atom is -0.344 e. The standard InChI is InChI=1S/C26H39N7O3/c1-17(2)16-21-24-27-19(4)29-33(24)15-14-31(26(36)22-8-6-13-32(22)20-10-11-20)12-7-9-23(34)30(5)18(3)25(35)28-21/h6,8,13,17-18,20-21H,7,9-12,14-16H2,1-5H3,(H,28,35)/t18-,21+/m0/s1. The number of hydrogen-bond donors (Lipinski definition) is 1. The van der Waals surface area contributed by atoms with Gasteiger partial charge < -0.3 is 19.7 Å². The zero-order valence-electron chi connectivity index (χ0n) is 22.1. The Morgan fingerprint density at radius 2 is 1.94 bits per heavy atom. The van der Waals surface area contributed by atoms with Crippen LogP contribution in [0.1, 0.15) is 87.1 Å². The second-order valence-electron chi connectivity index (χ2n) is 10.5. The molecular formula is C26H39N7O3. The highest BCUT2D eigenvalue weighted by Gasteiger charge is 2.31. The minimum atomic E-state index is -0.618. The number of nitrogens with one attached hydrogen (secondary N) is 1. The van der Waals surface area contributed by atoms with Crippen molar-refractivity contribution in [3.05, 3.63) is 35.7 Å². The van der Waals surface area contributed by atoms with E-state index in [0.29, 0.717) is 61.8 Å². The van der Waals surface area contributed by atoms with Gasteiger partial charge in [-0.15, -0.1) is 0 Å². The van der Waals surface area contributed by atoms with E-state index in [2.05, 4.69) is 33.8 Å². The van der Waals surface area contributed by atoms with E-state index in [1.54, 1.807) is 14.0 Å². The fraction of sp³-hybridized carbons (Fsp3) is 0.654. The molecule has 1 fully saturated rings. The van der Waals surface area contributed by atoms with Crippen LogP contribution in [0.4, 0.5) is 0 Å². The van der Waals surface area contributed by atoms with E-state index in [1.165, 1.54) is 4.90 Å². The highest BCUT2D eigenvalue weighted by molar-refractivity contribution is 5.93. The van der Waals surface area contributed by atoms with Crippen LogP contribution in [0.2, 0.25) is 0 Å². The SMILES string of the molecule is Cc1nc2n(n1)CCN(C(=O)c1cccn1C1CC1)CCCC(=O)N(C)[C@@H](C)C(=O)N[C@@H]2CC(C)C. The highest BCUT2D eigenvalue weighted by Crippen LogP contribution is 2.36. The minimum absolute atomic E-state index is 0.0291. The van der Waals surface area contributed by atoms with Crippen molar-refractivity contribution in [2.24, 2.45) is 5.92 Å². The van der Waals surface area contributed by atoms with Crippen molar-refractivity contribution in [2.75, 3.05) is 20.1 Å². The molecule has 0 radical (unpaired) electrons. The summed E-state index contributed by atoms with van der Waals surface area (Å²) < 4.78 is 3.90. The number of nitrogens with zero attached hydrogens (tertiary/aromatic N) is 6. The number of carbonyl (C=O) groups excluding carboxylic acids is 3. The summed E-state index contributed by atoms with van der Waals surface area (Å²) in [5, 5.41) is 7.72. The number of carbonyl (C=O) groups is 3. The second-order valence-corrected chi connectivity index (χ2v) is 10.5. The molecule has 36 heavy (non-hydrogen) atoms. The van der Waals surface area contributed by atoms with Gasteiger partial charge in [-0.3, -0.25) is 14.4 Å². The molecule has 3 heterocycles. The Labute approximate surface area is 213 Å². The van der Waals surface area contributed by atoms with Gasteiger partial charge in [-0.2, -0.15) is 5.10 Å². The molecular weight excluding hydrogens is 458 g/mol. The molecule has 2 atom stereocenters. The molecule has 1 aliphatic heterocycles. The van der Waals surface area contributed by atoms with E-state index in [1.807, 2.05) is 34.8 Å². The van der Waals surface area contributed by atoms with E-state index in [-0.39, 0.29) is 30.2 Å². The summed E-state index contributed by atoms with van der Waals surface area (Å²) in [6.45, 7) is 9.12. The molecule has 0 saturated heterocycles. The number of likely N-dealkylation sites (N-methyl/N-ethyl adjacent to an activating group) is 1. The first-order valence-electron chi connectivity index (χ1n) is 13.1. The van der Waals surface area contributed by atoms with Gasteiger partial charge in [0.1, 0.15) is 23.4 Å². The topological polar surface area (TPSA) is 105 Å². The van der Waals surface area contributed by atoms with Crippen LogP contribution in [-0.4, -0.2) is 73.0 Å². The van der Waals surface area contributed by atoms with Gasteiger partial charge in [-0.25, -0.2) is 9.67 Å². The Morgan fingerprint density at radius 3 is 2.64 bits per heavy atom. The average Bonchev–Trinajstić information content (AvgIpc) is 3.43. The summed E-state index contributed by atoms with van der Waals surface area (Å²) in [7, 11) is 1.66. The maximum absolute atomic E-state index is 13.6. The average molecular weight is 498 g/mol. The van der Waals surface area contributed by atoms with Gasteiger partial charge in [0.15, 0.2) is 0 Å². The fourth-order valence-corrected chi connectivity index (χ4v) is 4.81. The van der Waals surface area contributed by atoms with Gasteiger partial charge in [0.25, 0.3) is 5.91 Å². The summed E-state index contributed by atoms with van der Waals surface area (Å²) in [4.78, 5) is 47.6. The molecule has 2 aromatic rings. The van der Waals surface area contributed by atoms with Gasteiger partial charge >= 0.3 is 0 Å². The monoisotopic (exact) mass is 497 g/mol. The van der Waals surface area contributed by atoms with Gasteiger partial charge in [-0.05, 0) is 57.6 Å². The van der Waals surface area contributed by atoms with Gasteiger partial charge in [0, 0.05) is 38.8 Å². The molecule has 4 rings (SSSR count). The molecule has 3 amide bonds. The zero-order valence-corrected chi connectivity index (χ0v) is 22.1. The van der Waals surface area contributed by atoms with Crippen molar-refractivity contribution < 1.29 is 14.4 Å². The molecule has 0 unspecified atom stereocenters. The lowest BCUT2D eigenvalue weighted by atomic mass is 10.0. The summed E-state index contributed by atoms with van der Waals surface area (Å²) in [6.07, 6.45) is 5.65. The first-order valence-corrected chi connectivity index (χ1v) is 13.1. The molecule has 196 valence electrons. The quantitative estimate of drug-likeness (QED) is 0.699. The Bertz CT molecular complexity index is 1100. The predicted octanol–water partition coefficient (Wildman–Crippen LogP) is 2.71. The third kappa shape index (κ3) is 5.79. The number of amides is 3. The highest BCUT2D eigenvalue weighted by atomic mass is 16.2. The molecule has 2 aromatic heterocycles. The Hall–Kier alpha value is -3.17. The number of fused-ring (bicyclic) bond motifs is 1. The molecule has 1 saturated carbocycles. The van der Waals surface area contributed by atoms with E-state index in [0.717, 1.165) is 12.8 Å². The van der Waals surface area contributed by atoms with Crippen LogP contribution in [0.15, 0.2) is 18.3 Å². The van der Waals surface area contributed by atoms with Gasteiger partial charge in [0.05, 0.1) is 12.6 Å². The number of rotatable bonds is 4. The molecule has 0 spiro atoms. The van der Waals surface area contributed by atoms with Crippen LogP contribution >= 0.6 is 0 Å². The first kappa shape index (κ1) is 25.9. The second kappa shape index (κ2) is 10.8. The van der Waals surface area contributed by atoms with Crippen molar-refractivity contribution in [1.29, 1.82) is 0 Å². The van der Waals surface area contributed by atoms with E-state index < -0.39 is 6.04 Å². The van der Waals surface area contributed by atoms with Crippen LogP contribution < -0.4 is 5.32 Å².